The predicted molar refractivity (Wildman–Crippen MR) is 35.2 cm³/mol. The third-order valence-corrected chi connectivity index (χ3v) is 2.58. The van der Waals surface area contributed by atoms with Crippen molar-refractivity contribution in [3.05, 3.63) is 0 Å². The summed E-state index contributed by atoms with van der Waals surface area (Å²) in [6, 6.07) is 0. The summed E-state index contributed by atoms with van der Waals surface area (Å²) in [6.45, 7) is 1.16. The van der Waals surface area contributed by atoms with Crippen LogP contribution in [0.15, 0.2) is 0 Å². The molecule has 0 amide bonds. The van der Waals surface area contributed by atoms with Crippen molar-refractivity contribution >= 4 is 0 Å². The smallest absolute Gasteiger partial charge is 0.0575 e. The van der Waals surface area contributed by atoms with Crippen molar-refractivity contribution in [2.24, 2.45) is 0 Å². The van der Waals surface area contributed by atoms with Crippen LogP contribution >= 0.6 is 0 Å². The van der Waals surface area contributed by atoms with E-state index in [0.717, 1.165) is 19.4 Å². The van der Waals surface area contributed by atoms with Gasteiger partial charge in [0.25, 0.3) is 0 Å². The van der Waals surface area contributed by atoms with E-state index >= 15 is 0 Å². The first-order valence-electron chi connectivity index (χ1n) is 3.74. The molecule has 2 aliphatic rings. The Morgan fingerprint density at radius 3 is 2.67 bits per heavy atom. The van der Waals surface area contributed by atoms with E-state index in [0.29, 0.717) is 5.54 Å². The highest BCUT2D eigenvalue weighted by molar-refractivity contribution is 5.03. The van der Waals surface area contributed by atoms with E-state index in [1.807, 2.05) is 0 Å². The van der Waals surface area contributed by atoms with Crippen LogP contribution < -0.4 is 5.32 Å². The summed E-state index contributed by atoms with van der Waals surface area (Å²) in [6.07, 6.45) is 4.56. The van der Waals surface area contributed by atoms with Gasteiger partial charge in [-0.15, -0.1) is 0 Å². The summed E-state index contributed by atoms with van der Waals surface area (Å²) < 4.78 is 0. The summed E-state index contributed by atoms with van der Waals surface area (Å²) in [5, 5.41) is 12.5. The molecule has 1 aliphatic carbocycles. The average Bonchev–Trinajstić information content (AvgIpc) is 2.12. The zero-order chi connectivity index (χ0) is 6.32. The second-order valence-electron chi connectivity index (χ2n) is 3.37. The molecule has 1 aliphatic heterocycles. The first kappa shape index (κ1) is 5.69. The Bertz CT molecular complexity index is 110. The first-order chi connectivity index (χ1) is 4.31. The molecule has 52 valence electrons. The van der Waals surface area contributed by atoms with Crippen molar-refractivity contribution in [2.75, 3.05) is 6.54 Å². The molecule has 1 spiro atoms. The van der Waals surface area contributed by atoms with Gasteiger partial charge in [0.15, 0.2) is 0 Å². The number of aliphatic hydroxyl groups excluding tert-OH is 1. The van der Waals surface area contributed by atoms with Gasteiger partial charge in [0.2, 0.25) is 0 Å². The number of aliphatic hydroxyl groups is 1. The lowest BCUT2D eigenvalue weighted by Crippen LogP contribution is -2.53. The van der Waals surface area contributed by atoms with Crippen LogP contribution in [-0.4, -0.2) is 23.3 Å². The molecule has 1 saturated heterocycles. The average molecular weight is 127 g/mol. The lowest BCUT2D eigenvalue weighted by atomic mass is 9.73. The quantitative estimate of drug-likeness (QED) is 0.489. The molecular formula is C7H13NO. The van der Waals surface area contributed by atoms with Crippen LogP contribution in [-0.2, 0) is 0 Å². The minimum Gasteiger partial charge on any atom is -0.393 e. The Labute approximate surface area is 55.3 Å². The molecule has 9 heavy (non-hydrogen) atoms. The van der Waals surface area contributed by atoms with E-state index in [4.69, 9.17) is 5.11 Å². The van der Waals surface area contributed by atoms with Gasteiger partial charge in [-0.25, -0.2) is 0 Å². The number of hydrogen-bond donors (Lipinski definition) is 2. The van der Waals surface area contributed by atoms with Gasteiger partial charge < -0.3 is 10.4 Å². The van der Waals surface area contributed by atoms with E-state index in [1.165, 1.54) is 12.8 Å². The van der Waals surface area contributed by atoms with Gasteiger partial charge in [0, 0.05) is 5.54 Å². The maximum absolute atomic E-state index is 9.03. The van der Waals surface area contributed by atoms with Crippen molar-refractivity contribution in [1.29, 1.82) is 0 Å². The zero-order valence-corrected chi connectivity index (χ0v) is 5.56. The lowest BCUT2D eigenvalue weighted by molar-refractivity contribution is 0.0123. The minimum absolute atomic E-state index is 0.00407. The van der Waals surface area contributed by atoms with Gasteiger partial charge in [-0.3, -0.25) is 0 Å². The third-order valence-electron chi connectivity index (χ3n) is 2.58. The maximum Gasteiger partial charge on any atom is 0.0575 e. The third kappa shape index (κ3) is 0.775. The molecule has 0 radical (unpaired) electrons. The highest BCUT2D eigenvalue weighted by Gasteiger charge is 2.44. The van der Waals surface area contributed by atoms with Crippen LogP contribution in [0.3, 0.4) is 0 Å². The van der Waals surface area contributed by atoms with Crippen LogP contribution in [0.1, 0.15) is 25.7 Å². The van der Waals surface area contributed by atoms with Gasteiger partial charge in [-0.1, -0.05) is 0 Å². The number of rotatable bonds is 0. The first-order valence-corrected chi connectivity index (χ1v) is 3.74. The molecule has 0 bridgehead atoms. The summed E-state index contributed by atoms with van der Waals surface area (Å²) in [4.78, 5) is 0. The molecule has 1 heterocycles. The van der Waals surface area contributed by atoms with Crippen molar-refractivity contribution in [1.82, 2.24) is 5.32 Å². The molecule has 1 saturated carbocycles. The fourth-order valence-corrected chi connectivity index (χ4v) is 2.06. The van der Waals surface area contributed by atoms with Crippen molar-refractivity contribution in [3.8, 4) is 0 Å². The second kappa shape index (κ2) is 1.70. The molecule has 0 aromatic rings. The molecule has 2 fully saturated rings. The Balaban J connectivity index is 1.95. The van der Waals surface area contributed by atoms with E-state index in [9.17, 15) is 0 Å². The summed E-state index contributed by atoms with van der Waals surface area (Å²) >= 11 is 0. The summed E-state index contributed by atoms with van der Waals surface area (Å²) in [7, 11) is 0. The molecule has 0 aromatic heterocycles. The molecule has 2 nitrogen and oxygen atoms in total. The van der Waals surface area contributed by atoms with Gasteiger partial charge in [-0.2, -0.15) is 0 Å². The topological polar surface area (TPSA) is 32.3 Å². The maximum atomic E-state index is 9.03. The Kier molecular flexibility index (Phi) is 1.08. The zero-order valence-electron chi connectivity index (χ0n) is 5.56. The highest BCUT2D eigenvalue weighted by Crippen LogP contribution is 2.38. The lowest BCUT2D eigenvalue weighted by Gasteiger charge is -2.42. The minimum atomic E-state index is -0.00407. The molecule has 2 heteroatoms. The van der Waals surface area contributed by atoms with Crippen LogP contribution in [0, 0.1) is 0 Å². The largest absolute Gasteiger partial charge is 0.393 e. The molecule has 2 rings (SSSR count). The number of nitrogens with one attached hydrogen (secondary N) is 1. The fourth-order valence-electron chi connectivity index (χ4n) is 2.06. The monoisotopic (exact) mass is 127 g/mol. The van der Waals surface area contributed by atoms with Gasteiger partial charge in [-0.05, 0) is 32.2 Å². The van der Waals surface area contributed by atoms with Crippen LogP contribution in [0.4, 0.5) is 0 Å². The van der Waals surface area contributed by atoms with Crippen LogP contribution in [0.25, 0.3) is 0 Å². The summed E-state index contributed by atoms with van der Waals surface area (Å²) in [5.74, 6) is 0. The summed E-state index contributed by atoms with van der Waals surface area (Å²) in [5.41, 5.74) is 0.388. The van der Waals surface area contributed by atoms with Crippen molar-refractivity contribution < 1.29 is 5.11 Å². The standard InChI is InChI=1S/C7H13NO/c9-6-4-7(5-6)2-1-3-8-7/h6,8-9H,1-5H2. The van der Waals surface area contributed by atoms with E-state index in [1.54, 1.807) is 0 Å². The van der Waals surface area contributed by atoms with Gasteiger partial charge in [0.1, 0.15) is 0 Å². The van der Waals surface area contributed by atoms with Crippen molar-refractivity contribution in [2.45, 2.75) is 37.3 Å². The van der Waals surface area contributed by atoms with Crippen LogP contribution in [0.5, 0.6) is 0 Å². The molecule has 0 atom stereocenters. The second-order valence-corrected chi connectivity index (χ2v) is 3.37. The van der Waals surface area contributed by atoms with E-state index < -0.39 is 0 Å². The van der Waals surface area contributed by atoms with Crippen LogP contribution in [0.2, 0.25) is 0 Å². The van der Waals surface area contributed by atoms with Gasteiger partial charge in [0.05, 0.1) is 6.10 Å². The van der Waals surface area contributed by atoms with Gasteiger partial charge >= 0.3 is 0 Å². The highest BCUT2D eigenvalue weighted by atomic mass is 16.3. The Hall–Kier alpha value is -0.0800. The number of hydrogen-bond acceptors (Lipinski definition) is 2. The molecule has 0 aromatic carbocycles. The molecule has 0 unspecified atom stereocenters. The SMILES string of the molecule is OC1CC2(CCCN2)C1. The Morgan fingerprint density at radius 2 is 2.22 bits per heavy atom. The van der Waals surface area contributed by atoms with Crippen molar-refractivity contribution in [3.63, 3.8) is 0 Å². The fraction of sp³-hybridized carbons (Fsp3) is 1.00. The Morgan fingerprint density at radius 1 is 1.44 bits per heavy atom. The predicted octanol–water partition coefficient (Wildman–Crippen LogP) is 0.263. The van der Waals surface area contributed by atoms with E-state index in [2.05, 4.69) is 5.32 Å². The molecular weight excluding hydrogens is 114 g/mol. The van der Waals surface area contributed by atoms with E-state index in [-0.39, 0.29) is 6.10 Å². The molecule has 2 N–H and O–H groups in total. The normalized spacial score (nSPS) is 49.7.